The Balaban J connectivity index is 2.19. The van der Waals surface area contributed by atoms with Gasteiger partial charge in [-0.3, -0.25) is 4.79 Å². The molecule has 20 heavy (non-hydrogen) atoms. The molecule has 3 heteroatoms. The Hall–Kier alpha value is -2.55. The first kappa shape index (κ1) is 13.9. The highest BCUT2D eigenvalue weighted by molar-refractivity contribution is 6.07. The van der Waals surface area contributed by atoms with Gasteiger partial charge >= 0.3 is 0 Å². The summed E-state index contributed by atoms with van der Waals surface area (Å²) in [4.78, 5) is 14.0. The topological polar surface area (TPSA) is 40.5 Å². The molecule has 2 rings (SSSR count). The highest BCUT2D eigenvalue weighted by atomic mass is 16.3. The lowest BCUT2D eigenvalue weighted by atomic mass is 10.1. The molecule has 0 bridgehead atoms. The summed E-state index contributed by atoms with van der Waals surface area (Å²) in [5.41, 5.74) is 2.21. The van der Waals surface area contributed by atoms with Gasteiger partial charge in [-0.25, -0.2) is 0 Å². The molecule has 0 unspecified atom stereocenters. The minimum Gasteiger partial charge on any atom is -0.507 e. The number of allylic oxidation sites excluding steroid dienone is 1. The van der Waals surface area contributed by atoms with Crippen LogP contribution >= 0.6 is 0 Å². The first-order chi connectivity index (χ1) is 9.58. The molecular weight excluding hydrogens is 250 g/mol. The summed E-state index contributed by atoms with van der Waals surface area (Å²) in [6.45, 7) is 0. The Kier molecular flexibility index (Phi) is 4.20. The first-order valence-electron chi connectivity index (χ1n) is 6.36. The lowest BCUT2D eigenvalue weighted by Crippen LogP contribution is -2.08. The molecule has 0 saturated heterocycles. The second-order valence-electron chi connectivity index (χ2n) is 4.70. The summed E-state index contributed by atoms with van der Waals surface area (Å²) in [6, 6.07) is 16.3. The molecule has 0 atom stereocenters. The number of aliphatic hydroxyl groups is 1. The number of carbonyl (C=O) groups is 1. The third-order valence-corrected chi connectivity index (χ3v) is 3.01. The van der Waals surface area contributed by atoms with E-state index in [0.29, 0.717) is 11.1 Å². The van der Waals surface area contributed by atoms with E-state index < -0.39 is 0 Å². The van der Waals surface area contributed by atoms with Crippen molar-refractivity contribution in [3.8, 4) is 0 Å². The van der Waals surface area contributed by atoms with Gasteiger partial charge in [-0.05, 0) is 24.3 Å². The summed E-state index contributed by atoms with van der Waals surface area (Å²) in [7, 11) is 3.88. The van der Waals surface area contributed by atoms with E-state index in [1.165, 1.54) is 6.08 Å². The SMILES string of the molecule is CN(C)c1ccc(C(=O)/C=C(\O)c2ccccc2)cc1. The van der Waals surface area contributed by atoms with E-state index in [-0.39, 0.29) is 11.5 Å². The zero-order valence-electron chi connectivity index (χ0n) is 11.6. The molecule has 0 aliphatic rings. The minimum atomic E-state index is -0.211. The third-order valence-electron chi connectivity index (χ3n) is 3.01. The van der Waals surface area contributed by atoms with Crippen molar-refractivity contribution < 1.29 is 9.90 Å². The predicted octanol–water partition coefficient (Wildman–Crippen LogP) is 3.53. The minimum absolute atomic E-state index is 0.0210. The molecule has 0 heterocycles. The largest absolute Gasteiger partial charge is 0.507 e. The summed E-state index contributed by atoms with van der Waals surface area (Å²) in [5, 5.41) is 9.93. The Morgan fingerprint density at radius 3 is 2.10 bits per heavy atom. The van der Waals surface area contributed by atoms with Gasteiger partial charge < -0.3 is 10.0 Å². The molecule has 3 nitrogen and oxygen atoms in total. The maximum absolute atomic E-state index is 12.1. The third kappa shape index (κ3) is 3.26. The van der Waals surface area contributed by atoms with Crippen LogP contribution in [0.4, 0.5) is 5.69 Å². The van der Waals surface area contributed by atoms with Gasteiger partial charge in [0.1, 0.15) is 5.76 Å². The summed E-state index contributed by atoms with van der Waals surface area (Å²) >= 11 is 0. The Morgan fingerprint density at radius 2 is 1.55 bits per heavy atom. The Morgan fingerprint density at radius 1 is 0.950 bits per heavy atom. The van der Waals surface area contributed by atoms with E-state index in [2.05, 4.69) is 0 Å². The molecule has 102 valence electrons. The van der Waals surface area contributed by atoms with Gasteiger partial charge in [0.2, 0.25) is 0 Å². The van der Waals surface area contributed by atoms with E-state index in [1.807, 2.05) is 49.3 Å². The van der Waals surface area contributed by atoms with Crippen LogP contribution in [0.25, 0.3) is 5.76 Å². The van der Waals surface area contributed by atoms with Crippen molar-refractivity contribution in [2.45, 2.75) is 0 Å². The highest BCUT2D eigenvalue weighted by Gasteiger charge is 2.06. The number of aliphatic hydroxyl groups excluding tert-OH is 1. The molecule has 0 aromatic heterocycles. The van der Waals surface area contributed by atoms with Crippen LogP contribution in [0.1, 0.15) is 15.9 Å². The zero-order valence-corrected chi connectivity index (χ0v) is 11.6. The van der Waals surface area contributed by atoms with Crippen molar-refractivity contribution >= 4 is 17.2 Å². The standard InChI is InChI=1S/C17H17NO2/c1-18(2)15-10-8-14(9-11-15)17(20)12-16(19)13-6-4-3-5-7-13/h3-12,19H,1-2H3/b16-12-. The maximum Gasteiger partial charge on any atom is 0.189 e. The van der Waals surface area contributed by atoms with Gasteiger partial charge in [0, 0.05) is 37.0 Å². The van der Waals surface area contributed by atoms with E-state index in [1.54, 1.807) is 24.3 Å². The molecule has 2 aromatic rings. The number of rotatable bonds is 4. The number of benzene rings is 2. The second-order valence-corrected chi connectivity index (χ2v) is 4.70. The van der Waals surface area contributed by atoms with Gasteiger partial charge in [-0.1, -0.05) is 30.3 Å². The summed E-state index contributed by atoms with van der Waals surface area (Å²) in [6.07, 6.45) is 1.25. The predicted molar refractivity (Wildman–Crippen MR) is 82.1 cm³/mol. The first-order valence-corrected chi connectivity index (χ1v) is 6.36. The fourth-order valence-corrected chi connectivity index (χ4v) is 1.82. The molecule has 0 aliphatic carbocycles. The molecule has 0 saturated carbocycles. The monoisotopic (exact) mass is 267 g/mol. The maximum atomic E-state index is 12.1. The molecule has 0 amide bonds. The summed E-state index contributed by atoms with van der Waals surface area (Å²) < 4.78 is 0. The molecule has 0 radical (unpaired) electrons. The van der Waals surface area contributed by atoms with Crippen molar-refractivity contribution in [3.63, 3.8) is 0 Å². The number of nitrogens with zero attached hydrogens (tertiary/aromatic N) is 1. The van der Waals surface area contributed by atoms with E-state index in [9.17, 15) is 9.90 Å². The molecule has 2 aromatic carbocycles. The van der Waals surface area contributed by atoms with Crippen LogP contribution < -0.4 is 4.90 Å². The number of hydrogen-bond acceptors (Lipinski definition) is 3. The van der Waals surface area contributed by atoms with Crippen molar-refractivity contribution in [2.24, 2.45) is 0 Å². The normalized spacial score (nSPS) is 11.2. The number of ketones is 1. The fourth-order valence-electron chi connectivity index (χ4n) is 1.82. The second kappa shape index (κ2) is 6.06. The van der Waals surface area contributed by atoms with Gasteiger partial charge in [0.05, 0.1) is 0 Å². The van der Waals surface area contributed by atoms with Crippen LogP contribution in [-0.4, -0.2) is 25.0 Å². The van der Waals surface area contributed by atoms with Crippen LogP contribution in [0.2, 0.25) is 0 Å². The lowest BCUT2D eigenvalue weighted by molar-refractivity contribution is 0.104. The van der Waals surface area contributed by atoms with Crippen molar-refractivity contribution in [1.82, 2.24) is 0 Å². The number of carbonyl (C=O) groups excluding carboxylic acids is 1. The molecule has 1 N–H and O–H groups in total. The smallest absolute Gasteiger partial charge is 0.189 e. The van der Waals surface area contributed by atoms with E-state index in [0.717, 1.165) is 5.69 Å². The quantitative estimate of drug-likeness (QED) is 0.523. The van der Waals surface area contributed by atoms with Crippen molar-refractivity contribution in [3.05, 3.63) is 71.8 Å². The van der Waals surface area contributed by atoms with Crippen LogP contribution in [0.3, 0.4) is 0 Å². The highest BCUT2D eigenvalue weighted by Crippen LogP contribution is 2.15. The average molecular weight is 267 g/mol. The number of anilines is 1. The zero-order chi connectivity index (χ0) is 14.5. The van der Waals surface area contributed by atoms with Crippen molar-refractivity contribution in [1.29, 1.82) is 0 Å². The lowest BCUT2D eigenvalue weighted by Gasteiger charge is -2.12. The van der Waals surface area contributed by atoms with E-state index >= 15 is 0 Å². The summed E-state index contributed by atoms with van der Waals surface area (Å²) in [5.74, 6) is -0.232. The Bertz CT molecular complexity index is 613. The van der Waals surface area contributed by atoms with Gasteiger partial charge in [-0.2, -0.15) is 0 Å². The van der Waals surface area contributed by atoms with Crippen LogP contribution in [0.15, 0.2) is 60.7 Å². The molecule has 0 aliphatic heterocycles. The molecule has 0 fully saturated rings. The Labute approximate surface area is 118 Å². The molecule has 0 spiro atoms. The average Bonchev–Trinajstić information content (AvgIpc) is 2.48. The molecular formula is C17H17NO2. The van der Waals surface area contributed by atoms with Crippen molar-refractivity contribution in [2.75, 3.05) is 19.0 Å². The van der Waals surface area contributed by atoms with Crippen LogP contribution in [0, 0.1) is 0 Å². The van der Waals surface area contributed by atoms with E-state index in [4.69, 9.17) is 0 Å². The van der Waals surface area contributed by atoms with Gasteiger partial charge in [0.15, 0.2) is 5.78 Å². The van der Waals surface area contributed by atoms with Crippen LogP contribution in [-0.2, 0) is 0 Å². The van der Waals surface area contributed by atoms with Gasteiger partial charge in [0.25, 0.3) is 0 Å². The number of hydrogen-bond donors (Lipinski definition) is 1. The van der Waals surface area contributed by atoms with Gasteiger partial charge in [-0.15, -0.1) is 0 Å². The fraction of sp³-hybridized carbons (Fsp3) is 0.118. The van der Waals surface area contributed by atoms with Crippen LogP contribution in [0.5, 0.6) is 0 Å².